The number of nitrogens with one attached hydrogen (secondary N) is 1. The van der Waals surface area contributed by atoms with Crippen LogP contribution >= 0.6 is 11.6 Å². The maximum absolute atomic E-state index is 14.1. The lowest BCUT2D eigenvalue weighted by Crippen LogP contribution is -2.30. The summed E-state index contributed by atoms with van der Waals surface area (Å²) < 4.78 is 37.5. The normalized spacial score (nSPS) is 11.7. The monoisotopic (exact) mass is 425 g/mol. The van der Waals surface area contributed by atoms with Gasteiger partial charge in [-0.2, -0.15) is 0 Å². The van der Waals surface area contributed by atoms with Crippen LogP contribution in [0.25, 0.3) is 5.57 Å². The van der Waals surface area contributed by atoms with Crippen molar-refractivity contribution < 1.29 is 33.0 Å². The van der Waals surface area contributed by atoms with Crippen LogP contribution in [-0.4, -0.2) is 29.4 Å². The van der Waals surface area contributed by atoms with E-state index in [1.165, 1.54) is 12.1 Å². The van der Waals surface area contributed by atoms with E-state index in [2.05, 4.69) is 11.9 Å². The van der Waals surface area contributed by atoms with E-state index in [1.54, 1.807) is 13.8 Å². The van der Waals surface area contributed by atoms with E-state index >= 15 is 0 Å². The van der Waals surface area contributed by atoms with Crippen molar-refractivity contribution >= 4 is 34.9 Å². The summed E-state index contributed by atoms with van der Waals surface area (Å²) >= 11 is 5.90. The molecule has 0 heterocycles. The number of aliphatic carboxylic acids is 1. The number of ether oxygens (including phenoxy) is 2. The second kappa shape index (κ2) is 9.38. The molecule has 0 spiro atoms. The molecule has 0 aliphatic rings. The van der Waals surface area contributed by atoms with Gasteiger partial charge in [0.15, 0.2) is 0 Å². The van der Waals surface area contributed by atoms with E-state index in [-0.39, 0.29) is 33.7 Å². The molecular formula is C20H18ClF2NO5. The predicted octanol–water partition coefficient (Wildman–Crippen LogP) is 5.12. The summed E-state index contributed by atoms with van der Waals surface area (Å²) in [6.07, 6.45) is -3.27. The van der Waals surface area contributed by atoms with Gasteiger partial charge in [0, 0.05) is 11.6 Å². The third-order valence-electron chi connectivity index (χ3n) is 3.60. The minimum atomic E-state index is -1.78. The largest absolute Gasteiger partial charge is 0.489 e. The van der Waals surface area contributed by atoms with Crippen molar-refractivity contribution in [1.82, 2.24) is 0 Å². The van der Waals surface area contributed by atoms with Gasteiger partial charge in [-0.3, -0.25) is 5.32 Å². The summed E-state index contributed by atoms with van der Waals surface area (Å²) in [5.41, 5.74) is -0.142. The molecule has 1 amide bonds. The SMILES string of the molecule is C=C(c1ccc(F)cc1)C(OC(=O)Nc1cc(OC(C)C)c(Cl)cc1F)C(=O)O. The number of carbonyl (C=O) groups is 2. The first kappa shape index (κ1) is 22.2. The van der Waals surface area contributed by atoms with Crippen LogP contribution in [0, 0.1) is 11.6 Å². The van der Waals surface area contributed by atoms with Gasteiger partial charge in [-0.15, -0.1) is 0 Å². The van der Waals surface area contributed by atoms with Crippen LogP contribution < -0.4 is 10.1 Å². The molecule has 0 saturated heterocycles. The molecule has 2 aromatic carbocycles. The Balaban J connectivity index is 2.18. The van der Waals surface area contributed by atoms with Crippen molar-refractivity contribution in [2.45, 2.75) is 26.1 Å². The van der Waals surface area contributed by atoms with Crippen molar-refractivity contribution in [2.75, 3.05) is 5.32 Å². The molecule has 1 unspecified atom stereocenters. The lowest BCUT2D eigenvalue weighted by molar-refractivity contribution is -0.143. The molecule has 0 bridgehead atoms. The summed E-state index contributed by atoms with van der Waals surface area (Å²) in [5.74, 6) is -2.77. The molecule has 0 aliphatic carbocycles. The number of rotatable bonds is 7. The zero-order chi connectivity index (χ0) is 21.7. The molecule has 2 rings (SSSR count). The van der Waals surface area contributed by atoms with E-state index in [4.69, 9.17) is 21.1 Å². The first-order valence-electron chi connectivity index (χ1n) is 8.39. The summed E-state index contributed by atoms with van der Waals surface area (Å²) in [4.78, 5) is 23.7. The minimum Gasteiger partial charge on any atom is -0.489 e. The maximum Gasteiger partial charge on any atom is 0.412 e. The van der Waals surface area contributed by atoms with Gasteiger partial charge in [0.1, 0.15) is 17.4 Å². The summed E-state index contributed by atoms with van der Waals surface area (Å²) in [5, 5.41) is 11.5. The fourth-order valence-corrected chi connectivity index (χ4v) is 2.50. The zero-order valence-corrected chi connectivity index (χ0v) is 16.3. The Bertz CT molecular complexity index is 931. The van der Waals surface area contributed by atoms with E-state index in [0.29, 0.717) is 0 Å². The first-order chi connectivity index (χ1) is 13.6. The molecule has 2 aromatic rings. The van der Waals surface area contributed by atoms with E-state index in [0.717, 1.165) is 24.3 Å². The Hall–Kier alpha value is -3.13. The topological polar surface area (TPSA) is 84.9 Å². The van der Waals surface area contributed by atoms with Crippen molar-refractivity contribution in [2.24, 2.45) is 0 Å². The van der Waals surface area contributed by atoms with Gasteiger partial charge in [-0.05, 0) is 37.6 Å². The van der Waals surface area contributed by atoms with Gasteiger partial charge >= 0.3 is 12.1 Å². The highest BCUT2D eigenvalue weighted by Gasteiger charge is 2.27. The second-order valence-electron chi connectivity index (χ2n) is 6.21. The van der Waals surface area contributed by atoms with Crippen LogP contribution in [0.2, 0.25) is 5.02 Å². The number of carboxylic acids is 1. The third-order valence-corrected chi connectivity index (χ3v) is 3.90. The fraction of sp³-hybridized carbons (Fsp3) is 0.200. The van der Waals surface area contributed by atoms with Gasteiger partial charge in [0.25, 0.3) is 0 Å². The Morgan fingerprint density at radius 3 is 2.34 bits per heavy atom. The predicted molar refractivity (Wildman–Crippen MR) is 104 cm³/mol. The van der Waals surface area contributed by atoms with E-state index in [1.807, 2.05) is 0 Å². The average molecular weight is 426 g/mol. The number of halogens is 3. The highest BCUT2D eigenvalue weighted by atomic mass is 35.5. The van der Waals surface area contributed by atoms with Crippen molar-refractivity contribution in [3.63, 3.8) is 0 Å². The summed E-state index contributed by atoms with van der Waals surface area (Å²) in [6.45, 7) is 7.06. The molecule has 29 heavy (non-hydrogen) atoms. The molecule has 0 radical (unpaired) electrons. The van der Waals surface area contributed by atoms with Crippen molar-refractivity contribution in [1.29, 1.82) is 0 Å². The smallest absolute Gasteiger partial charge is 0.412 e. The van der Waals surface area contributed by atoms with Gasteiger partial charge in [-0.25, -0.2) is 18.4 Å². The number of carbonyl (C=O) groups excluding carboxylic acids is 1. The summed E-state index contributed by atoms with van der Waals surface area (Å²) in [7, 11) is 0. The number of hydrogen-bond acceptors (Lipinski definition) is 4. The third kappa shape index (κ3) is 5.92. The maximum atomic E-state index is 14.1. The van der Waals surface area contributed by atoms with Crippen LogP contribution in [0.1, 0.15) is 19.4 Å². The van der Waals surface area contributed by atoms with Crippen molar-refractivity contribution in [3.8, 4) is 5.75 Å². The molecule has 0 aromatic heterocycles. The molecule has 0 fully saturated rings. The lowest BCUT2D eigenvalue weighted by atomic mass is 10.0. The number of benzene rings is 2. The van der Waals surface area contributed by atoms with Crippen LogP contribution in [0.15, 0.2) is 43.0 Å². The van der Waals surface area contributed by atoms with E-state index in [9.17, 15) is 23.5 Å². The van der Waals surface area contributed by atoms with Gasteiger partial charge in [0.05, 0.1) is 16.8 Å². The van der Waals surface area contributed by atoms with Gasteiger partial charge < -0.3 is 14.6 Å². The fourth-order valence-electron chi connectivity index (χ4n) is 2.30. The highest BCUT2D eigenvalue weighted by Crippen LogP contribution is 2.31. The van der Waals surface area contributed by atoms with Crippen LogP contribution in [-0.2, 0) is 9.53 Å². The quantitative estimate of drug-likeness (QED) is 0.643. The molecule has 6 nitrogen and oxygen atoms in total. The Morgan fingerprint density at radius 1 is 1.17 bits per heavy atom. The molecule has 9 heteroatoms. The van der Waals surface area contributed by atoms with E-state index < -0.39 is 29.8 Å². The molecule has 1 atom stereocenters. The van der Waals surface area contributed by atoms with Crippen molar-refractivity contribution in [3.05, 3.63) is 65.2 Å². The second-order valence-corrected chi connectivity index (χ2v) is 6.62. The van der Waals surface area contributed by atoms with Crippen LogP contribution in [0.5, 0.6) is 5.75 Å². The molecule has 0 saturated carbocycles. The van der Waals surface area contributed by atoms with Crippen LogP contribution in [0.4, 0.5) is 19.3 Å². The Morgan fingerprint density at radius 2 is 1.79 bits per heavy atom. The average Bonchev–Trinajstić information content (AvgIpc) is 2.63. The number of carboxylic acid groups (broad SMARTS) is 1. The Kier molecular flexibility index (Phi) is 7.17. The van der Waals surface area contributed by atoms with Crippen LogP contribution in [0.3, 0.4) is 0 Å². The van der Waals surface area contributed by atoms with Gasteiger partial charge in [-0.1, -0.05) is 30.3 Å². The first-order valence-corrected chi connectivity index (χ1v) is 8.77. The lowest BCUT2D eigenvalue weighted by Gasteiger charge is -2.18. The standard InChI is InChI=1S/C20H18ClF2NO5/c1-10(2)28-17-9-16(15(23)8-14(17)21)24-20(27)29-18(19(25)26)11(3)12-4-6-13(22)7-5-12/h4-10,18H,3H2,1-2H3,(H,24,27)(H,25,26). The number of amides is 1. The Labute approximate surface area is 170 Å². The molecule has 2 N–H and O–H groups in total. The number of anilines is 1. The molecular weight excluding hydrogens is 408 g/mol. The molecule has 0 aliphatic heterocycles. The number of hydrogen-bond donors (Lipinski definition) is 2. The minimum absolute atomic E-state index is 0.00298. The highest BCUT2D eigenvalue weighted by molar-refractivity contribution is 6.32. The van der Waals surface area contributed by atoms with Gasteiger partial charge in [0.2, 0.25) is 6.10 Å². The molecule has 154 valence electrons. The zero-order valence-electron chi connectivity index (χ0n) is 15.5. The summed E-state index contributed by atoms with van der Waals surface area (Å²) in [6, 6.07) is 6.91.